The maximum atomic E-state index is 12.7. The molecule has 0 bridgehead atoms. The quantitative estimate of drug-likeness (QED) is 0.758. The lowest BCUT2D eigenvalue weighted by atomic mass is 9.75. The highest BCUT2D eigenvalue weighted by atomic mass is 79.9. The van der Waals surface area contributed by atoms with Crippen LogP contribution < -0.4 is 5.32 Å². The van der Waals surface area contributed by atoms with Gasteiger partial charge >= 0.3 is 5.97 Å². The second-order valence-electron chi connectivity index (χ2n) is 6.24. The average Bonchev–Trinajstić information content (AvgIpc) is 2.61. The number of halogens is 1. The van der Waals surface area contributed by atoms with Crippen LogP contribution in [0.4, 0.5) is 0 Å². The van der Waals surface area contributed by atoms with Gasteiger partial charge in [0.15, 0.2) is 5.78 Å². The van der Waals surface area contributed by atoms with Crippen molar-refractivity contribution in [2.45, 2.75) is 45.4 Å². The first-order valence-corrected chi connectivity index (χ1v) is 9.55. The number of benzene rings is 1. The number of carbonyl (C=O) groups excluding carboxylic acids is 2. The second kappa shape index (κ2) is 7.56. The molecule has 3 rings (SSSR count). The molecule has 0 fully saturated rings. The van der Waals surface area contributed by atoms with Crippen LogP contribution in [0.1, 0.15) is 51.0 Å². The summed E-state index contributed by atoms with van der Waals surface area (Å²) < 4.78 is 6.29. The Labute approximate surface area is 156 Å². The molecular formula is C20H22BrNO3. The van der Waals surface area contributed by atoms with Gasteiger partial charge in [-0.2, -0.15) is 0 Å². The molecule has 0 saturated carbocycles. The molecule has 1 N–H and O–H groups in total. The molecule has 1 aliphatic carbocycles. The van der Waals surface area contributed by atoms with E-state index >= 15 is 0 Å². The number of hydrogen-bond acceptors (Lipinski definition) is 4. The molecule has 0 spiro atoms. The summed E-state index contributed by atoms with van der Waals surface area (Å²) in [7, 11) is 0. The smallest absolute Gasteiger partial charge is 0.336 e. The van der Waals surface area contributed by atoms with E-state index in [0.29, 0.717) is 25.0 Å². The third-order valence-corrected chi connectivity index (χ3v) is 5.24. The van der Waals surface area contributed by atoms with Gasteiger partial charge in [-0.05, 0) is 43.9 Å². The van der Waals surface area contributed by atoms with Crippen molar-refractivity contribution in [2.24, 2.45) is 0 Å². The maximum Gasteiger partial charge on any atom is 0.336 e. The van der Waals surface area contributed by atoms with Gasteiger partial charge < -0.3 is 10.1 Å². The van der Waals surface area contributed by atoms with Crippen LogP contribution in [0.15, 0.2) is 51.3 Å². The standard InChI is InChI=1S/C20H22BrNO3/c1-3-14-19(20(24)25-4-2)17(12-8-10-13(21)11-9-12)18-15(22-14)6-5-7-16(18)23/h8-11,17,22H,3-7H2,1-2H3/t17-/m0/s1. The molecule has 1 heterocycles. The van der Waals surface area contributed by atoms with Gasteiger partial charge in [0.25, 0.3) is 0 Å². The first-order chi connectivity index (χ1) is 12.1. The van der Waals surface area contributed by atoms with Crippen molar-refractivity contribution in [3.05, 3.63) is 56.8 Å². The zero-order valence-electron chi connectivity index (χ0n) is 14.5. The molecule has 0 aromatic heterocycles. The Morgan fingerprint density at radius 3 is 2.60 bits per heavy atom. The third kappa shape index (κ3) is 3.43. The Bertz CT molecular complexity index is 762. The molecule has 1 aromatic rings. The van der Waals surface area contributed by atoms with Crippen molar-refractivity contribution in [1.29, 1.82) is 0 Å². The van der Waals surface area contributed by atoms with Crippen LogP contribution in [-0.2, 0) is 14.3 Å². The number of ketones is 1. The van der Waals surface area contributed by atoms with Crippen molar-refractivity contribution in [1.82, 2.24) is 5.32 Å². The number of esters is 1. The zero-order chi connectivity index (χ0) is 18.0. The lowest BCUT2D eigenvalue weighted by molar-refractivity contribution is -0.138. The molecule has 25 heavy (non-hydrogen) atoms. The Morgan fingerprint density at radius 2 is 1.96 bits per heavy atom. The van der Waals surface area contributed by atoms with E-state index in [1.807, 2.05) is 31.2 Å². The van der Waals surface area contributed by atoms with Crippen LogP contribution >= 0.6 is 15.9 Å². The molecule has 0 unspecified atom stereocenters. The van der Waals surface area contributed by atoms with Crippen molar-refractivity contribution < 1.29 is 14.3 Å². The fraction of sp³-hybridized carbons (Fsp3) is 0.400. The number of Topliss-reactive ketones (excluding diaryl/α,β-unsaturated/α-hetero) is 1. The van der Waals surface area contributed by atoms with E-state index in [0.717, 1.165) is 39.8 Å². The van der Waals surface area contributed by atoms with Gasteiger partial charge in [0.05, 0.1) is 12.2 Å². The molecule has 0 amide bonds. The number of hydrogen-bond donors (Lipinski definition) is 1. The summed E-state index contributed by atoms with van der Waals surface area (Å²) in [6.07, 6.45) is 2.91. The van der Waals surface area contributed by atoms with Crippen LogP contribution in [0.3, 0.4) is 0 Å². The number of nitrogens with one attached hydrogen (secondary N) is 1. The topological polar surface area (TPSA) is 55.4 Å². The zero-order valence-corrected chi connectivity index (χ0v) is 16.1. The molecule has 1 aliphatic heterocycles. The lowest BCUT2D eigenvalue weighted by Gasteiger charge is -2.34. The Hall–Kier alpha value is -1.88. The number of dihydropyridines is 1. The summed E-state index contributed by atoms with van der Waals surface area (Å²) in [5, 5.41) is 3.36. The van der Waals surface area contributed by atoms with Crippen molar-refractivity contribution in [3.8, 4) is 0 Å². The van der Waals surface area contributed by atoms with Crippen LogP contribution in [0, 0.1) is 0 Å². The Kier molecular flexibility index (Phi) is 5.42. The first-order valence-electron chi connectivity index (χ1n) is 8.75. The minimum absolute atomic E-state index is 0.124. The highest BCUT2D eigenvalue weighted by Crippen LogP contribution is 2.43. The summed E-state index contributed by atoms with van der Waals surface area (Å²) in [6.45, 7) is 4.12. The van der Waals surface area contributed by atoms with E-state index in [1.165, 1.54) is 0 Å². The predicted molar refractivity (Wildman–Crippen MR) is 99.9 cm³/mol. The molecule has 4 nitrogen and oxygen atoms in total. The third-order valence-electron chi connectivity index (χ3n) is 4.71. The molecule has 132 valence electrons. The second-order valence-corrected chi connectivity index (χ2v) is 7.16. The van der Waals surface area contributed by atoms with Gasteiger partial charge in [-0.15, -0.1) is 0 Å². The number of allylic oxidation sites excluding steroid dienone is 3. The van der Waals surface area contributed by atoms with Crippen LogP contribution in [0.5, 0.6) is 0 Å². The average molecular weight is 404 g/mol. The minimum atomic E-state index is -0.355. The first kappa shape index (κ1) is 17.9. The molecule has 1 aromatic carbocycles. The fourth-order valence-corrected chi connectivity index (χ4v) is 3.88. The molecule has 5 heteroatoms. The molecule has 1 atom stereocenters. The van der Waals surface area contributed by atoms with Gasteiger partial charge in [-0.1, -0.05) is 35.0 Å². The number of ether oxygens (including phenoxy) is 1. The van der Waals surface area contributed by atoms with Crippen molar-refractivity contribution in [3.63, 3.8) is 0 Å². The Balaban J connectivity index is 2.18. The van der Waals surface area contributed by atoms with E-state index in [2.05, 4.69) is 21.2 Å². The van der Waals surface area contributed by atoms with E-state index in [9.17, 15) is 9.59 Å². The summed E-state index contributed by atoms with van der Waals surface area (Å²) >= 11 is 3.45. The van der Waals surface area contributed by atoms with E-state index in [-0.39, 0.29) is 17.7 Å². The molecule has 0 radical (unpaired) electrons. The van der Waals surface area contributed by atoms with E-state index < -0.39 is 0 Å². The Morgan fingerprint density at radius 1 is 1.24 bits per heavy atom. The van der Waals surface area contributed by atoms with E-state index in [4.69, 9.17) is 4.74 Å². The van der Waals surface area contributed by atoms with Crippen molar-refractivity contribution >= 4 is 27.7 Å². The summed E-state index contributed by atoms with van der Waals surface area (Å²) in [6, 6.07) is 7.83. The maximum absolute atomic E-state index is 12.7. The van der Waals surface area contributed by atoms with Gasteiger partial charge in [-0.3, -0.25) is 4.79 Å². The van der Waals surface area contributed by atoms with E-state index in [1.54, 1.807) is 6.92 Å². The number of rotatable bonds is 4. The SMILES string of the molecule is CCOC(=O)C1=C(CC)NC2=C(C(=O)CCC2)[C@@H]1c1ccc(Br)cc1. The van der Waals surface area contributed by atoms with Crippen LogP contribution in [0.25, 0.3) is 0 Å². The van der Waals surface area contributed by atoms with Gasteiger partial charge in [0.2, 0.25) is 0 Å². The molecular weight excluding hydrogens is 382 g/mol. The summed E-state index contributed by atoms with van der Waals surface area (Å²) in [5.41, 5.74) is 4.07. The summed E-state index contributed by atoms with van der Waals surface area (Å²) in [4.78, 5) is 25.5. The predicted octanol–water partition coefficient (Wildman–Crippen LogP) is 4.37. The normalized spacial score (nSPS) is 20.3. The van der Waals surface area contributed by atoms with Gasteiger partial charge in [0, 0.05) is 33.8 Å². The van der Waals surface area contributed by atoms with Crippen molar-refractivity contribution in [2.75, 3.05) is 6.61 Å². The minimum Gasteiger partial charge on any atom is -0.463 e. The molecule has 0 saturated heterocycles. The highest BCUT2D eigenvalue weighted by Gasteiger charge is 2.39. The van der Waals surface area contributed by atoms with Gasteiger partial charge in [0.1, 0.15) is 0 Å². The lowest BCUT2D eigenvalue weighted by Crippen LogP contribution is -2.35. The highest BCUT2D eigenvalue weighted by molar-refractivity contribution is 9.10. The summed E-state index contributed by atoms with van der Waals surface area (Å²) in [5.74, 6) is -0.575. The molecule has 2 aliphatic rings. The van der Waals surface area contributed by atoms with Crippen LogP contribution in [-0.4, -0.2) is 18.4 Å². The largest absolute Gasteiger partial charge is 0.463 e. The van der Waals surface area contributed by atoms with Crippen LogP contribution in [0.2, 0.25) is 0 Å². The monoisotopic (exact) mass is 403 g/mol. The number of carbonyl (C=O) groups is 2. The fourth-order valence-electron chi connectivity index (χ4n) is 3.61. The van der Waals surface area contributed by atoms with Gasteiger partial charge in [-0.25, -0.2) is 4.79 Å².